The smallest absolute Gasteiger partial charge is 0.161 e. The number of phenols is 1. The first-order valence-corrected chi connectivity index (χ1v) is 10.4. The molecule has 2 aromatic carbocycles. The van der Waals surface area contributed by atoms with Gasteiger partial charge in [0.2, 0.25) is 0 Å². The van der Waals surface area contributed by atoms with Gasteiger partial charge in [-0.1, -0.05) is 38.1 Å². The maximum atomic E-state index is 9.92. The third-order valence-corrected chi connectivity index (χ3v) is 4.88. The molecule has 2 rings (SSSR count). The summed E-state index contributed by atoms with van der Waals surface area (Å²) in [5, 5.41) is 19.5. The Balaban J connectivity index is 2.29. The lowest BCUT2D eigenvalue weighted by molar-refractivity contribution is -0.0248. The van der Waals surface area contributed by atoms with Gasteiger partial charge in [-0.05, 0) is 61.6 Å². The average Bonchev–Trinajstić information content (AvgIpc) is 2.72. The van der Waals surface area contributed by atoms with E-state index in [4.69, 9.17) is 14.2 Å². The largest absolute Gasteiger partial charge is 0.508 e. The second-order valence-electron chi connectivity index (χ2n) is 7.75. The second kappa shape index (κ2) is 11.6. The number of aliphatic hydroxyl groups excluding tert-OH is 1. The lowest BCUT2D eigenvalue weighted by Crippen LogP contribution is -2.25. The van der Waals surface area contributed by atoms with E-state index in [0.29, 0.717) is 29.6 Å². The number of hydrogen-bond donors (Lipinski definition) is 2. The molecule has 0 aliphatic carbocycles. The molecular weight excluding hydrogens is 380 g/mol. The van der Waals surface area contributed by atoms with Crippen molar-refractivity contribution in [1.29, 1.82) is 0 Å². The standard InChI is InChI=1S/C25H34O5/c1-6-7-19-8-11-23(24(14-19)28-5)30-18(4)25(29-13-12-17(2)3)20-9-10-22(27)21(15-20)16-26/h6-11,14-15,17-18,25-27H,12-13,16H2,1-5H3/b7-6+. The van der Waals surface area contributed by atoms with Gasteiger partial charge in [0.1, 0.15) is 18.0 Å². The van der Waals surface area contributed by atoms with Crippen molar-refractivity contribution < 1.29 is 24.4 Å². The van der Waals surface area contributed by atoms with Gasteiger partial charge in [0.15, 0.2) is 11.5 Å². The molecule has 0 spiro atoms. The molecule has 5 heteroatoms. The molecule has 2 N–H and O–H groups in total. The van der Waals surface area contributed by atoms with E-state index in [1.54, 1.807) is 25.3 Å². The van der Waals surface area contributed by atoms with Crippen LogP contribution in [0.3, 0.4) is 0 Å². The summed E-state index contributed by atoms with van der Waals surface area (Å²) in [5.74, 6) is 1.88. The molecule has 2 aromatic rings. The van der Waals surface area contributed by atoms with Gasteiger partial charge in [0, 0.05) is 12.2 Å². The Morgan fingerprint density at radius 1 is 1.03 bits per heavy atom. The van der Waals surface area contributed by atoms with Crippen molar-refractivity contribution in [3.63, 3.8) is 0 Å². The Kier molecular flexibility index (Phi) is 9.21. The highest BCUT2D eigenvalue weighted by Crippen LogP contribution is 2.34. The van der Waals surface area contributed by atoms with Gasteiger partial charge in [-0.3, -0.25) is 0 Å². The SMILES string of the molecule is C/C=C/c1ccc(OC(C)C(OCCC(C)C)c2ccc(O)c(CO)c2)c(OC)c1. The molecule has 0 heterocycles. The number of rotatable bonds is 11. The first-order chi connectivity index (χ1) is 14.4. The molecular formula is C25H34O5. The maximum Gasteiger partial charge on any atom is 0.161 e. The normalized spacial score (nSPS) is 13.6. The van der Waals surface area contributed by atoms with Crippen LogP contribution in [0.2, 0.25) is 0 Å². The van der Waals surface area contributed by atoms with Gasteiger partial charge < -0.3 is 24.4 Å². The Hall–Kier alpha value is -2.50. The lowest BCUT2D eigenvalue weighted by Gasteiger charge is -2.27. The fourth-order valence-electron chi connectivity index (χ4n) is 3.18. The molecule has 30 heavy (non-hydrogen) atoms. The van der Waals surface area contributed by atoms with Gasteiger partial charge in [-0.15, -0.1) is 0 Å². The average molecular weight is 415 g/mol. The summed E-state index contributed by atoms with van der Waals surface area (Å²) < 4.78 is 18.0. The van der Waals surface area contributed by atoms with Crippen molar-refractivity contribution in [3.05, 3.63) is 59.2 Å². The summed E-state index contributed by atoms with van der Waals surface area (Å²) in [7, 11) is 1.62. The predicted octanol–water partition coefficient (Wildman–Crippen LogP) is 5.50. The van der Waals surface area contributed by atoms with Crippen LogP contribution in [0.15, 0.2) is 42.5 Å². The fourth-order valence-corrected chi connectivity index (χ4v) is 3.18. The highest BCUT2D eigenvalue weighted by atomic mass is 16.6. The molecule has 2 atom stereocenters. The Labute approximate surface area is 179 Å². The quantitative estimate of drug-likeness (QED) is 0.508. The van der Waals surface area contributed by atoms with Crippen molar-refractivity contribution in [2.24, 2.45) is 5.92 Å². The number of aromatic hydroxyl groups is 1. The molecule has 0 bridgehead atoms. The molecule has 0 aliphatic heterocycles. The van der Waals surface area contributed by atoms with Gasteiger partial charge >= 0.3 is 0 Å². The predicted molar refractivity (Wildman–Crippen MR) is 120 cm³/mol. The van der Waals surface area contributed by atoms with Crippen LogP contribution < -0.4 is 9.47 Å². The number of benzene rings is 2. The molecule has 5 nitrogen and oxygen atoms in total. The molecule has 0 aliphatic rings. The van der Waals surface area contributed by atoms with E-state index in [2.05, 4.69) is 13.8 Å². The van der Waals surface area contributed by atoms with Crippen LogP contribution in [0.25, 0.3) is 6.08 Å². The van der Waals surface area contributed by atoms with Crippen LogP contribution >= 0.6 is 0 Å². The minimum Gasteiger partial charge on any atom is -0.508 e. The Morgan fingerprint density at radius 2 is 1.80 bits per heavy atom. The fraction of sp³-hybridized carbons (Fsp3) is 0.440. The molecule has 0 amide bonds. The number of methoxy groups -OCH3 is 1. The van der Waals surface area contributed by atoms with Crippen LogP contribution in [-0.2, 0) is 11.3 Å². The Bertz CT molecular complexity index is 828. The first kappa shape index (κ1) is 23.8. The zero-order chi connectivity index (χ0) is 22.1. The van der Waals surface area contributed by atoms with Crippen molar-refractivity contribution in [2.45, 2.75) is 52.9 Å². The van der Waals surface area contributed by atoms with Crippen molar-refractivity contribution in [3.8, 4) is 17.2 Å². The number of hydrogen-bond acceptors (Lipinski definition) is 5. The first-order valence-electron chi connectivity index (χ1n) is 10.4. The molecule has 164 valence electrons. The second-order valence-corrected chi connectivity index (χ2v) is 7.75. The van der Waals surface area contributed by atoms with Gasteiger partial charge in [0.25, 0.3) is 0 Å². The molecule has 2 unspecified atom stereocenters. The van der Waals surface area contributed by atoms with Crippen LogP contribution in [0.4, 0.5) is 0 Å². The summed E-state index contributed by atoms with van der Waals surface area (Å²) in [6.45, 7) is 8.57. The molecule has 0 fully saturated rings. The van der Waals surface area contributed by atoms with E-state index in [1.165, 1.54) is 0 Å². The lowest BCUT2D eigenvalue weighted by atomic mass is 10.0. The molecule has 0 saturated carbocycles. The molecule has 0 aromatic heterocycles. The van der Waals surface area contributed by atoms with E-state index >= 15 is 0 Å². The van der Waals surface area contributed by atoms with E-state index in [0.717, 1.165) is 17.5 Å². The third kappa shape index (κ3) is 6.51. The van der Waals surface area contributed by atoms with Crippen molar-refractivity contribution >= 4 is 6.08 Å². The van der Waals surface area contributed by atoms with E-state index < -0.39 is 0 Å². The van der Waals surface area contributed by atoms with Crippen LogP contribution in [0, 0.1) is 5.92 Å². The summed E-state index contributed by atoms with van der Waals surface area (Å²) in [6, 6.07) is 11.0. The minimum atomic E-state index is -0.366. The summed E-state index contributed by atoms with van der Waals surface area (Å²) in [6.07, 6.45) is 4.21. The summed E-state index contributed by atoms with van der Waals surface area (Å²) in [4.78, 5) is 0. The van der Waals surface area contributed by atoms with E-state index in [1.807, 2.05) is 44.2 Å². The monoisotopic (exact) mass is 414 g/mol. The van der Waals surface area contributed by atoms with E-state index in [-0.39, 0.29) is 24.6 Å². The van der Waals surface area contributed by atoms with Crippen LogP contribution in [0.1, 0.15) is 56.9 Å². The van der Waals surface area contributed by atoms with Gasteiger partial charge in [-0.25, -0.2) is 0 Å². The summed E-state index contributed by atoms with van der Waals surface area (Å²) >= 11 is 0. The molecule has 0 radical (unpaired) electrons. The maximum absolute atomic E-state index is 9.92. The van der Waals surface area contributed by atoms with Gasteiger partial charge in [0.05, 0.1) is 13.7 Å². The zero-order valence-corrected chi connectivity index (χ0v) is 18.6. The van der Waals surface area contributed by atoms with Crippen molar-refractivity contribution in [2.75, 3.05) is 13.7 Å². The molecule has 0 saturated heterocycles. The number of aliphatic hydroxyl groups is 1. The minimum absolute atomic E-state index is 0.0667. The summed E-state index contributed by atoms with van der Waals surface area (Å²) in [5.41, 5.74) is 2.34. The van der Waals surface area contributed by atoms with Crippen molar-refractivity contribution in [1.82, 2.24) is 0 Å². The number of allylic oxidation sites excluding steroid dienone is 1. The number of ether oxygens (including phenoxy) is 3. The van der Waals surface area contributed by atoms with E-state index in [9.17, 15) is 10.2 Å². The highest BCUT2D eigenvalue weighted by Gasteiger charge is 2.24. The Morgan fingerprint density at radius 3 is 2.43 bits per heavy atom. The topological polar surface area (TPSA) is 68.2 Å². The zero-order valence-electron chi connectivity index (χ0n) is 18.6. The van der Waals surface area contributed by atoms with Crippen LogP contribution in [0.5, 0.6) is 17.2 Å². The van der Waals surface area contributed by atoms with Gasteiger partial charge in [-0.2, -0.15) is 0 Å². The highest BCUT2D eigenvalue weighted by molar-refractivity contribution is 5.55. The van der Waals surface area contributed by atoms with Crippen LogP contribution in [-0.4, -0.2) is 30.0 Å². The third-order valence-electron chi connectivity index (χ3n) is 4.88.